The fourth-order valence-corrected chi connectivity index (χ4v) is 10.5. The van der Waals surface area contributed by atoms with E-state index >= 15 is 0 Å². The number of rotatable bonds is 22. The number of aliphatic hydroxyl groups excluding tert-OH is 11. The Morgan fingerprint density at radius 3 is 1.44 bits per heavy atom. The van der Waals surface area contributed by atoms with Crippen molar-refractivity contribution in [3.05, 3.63) is 130 Å². The van der Waals surface area contributed by atoms with Gasteiger partial charge >= 0.3 is 17.9 Å². The second-order valence-corrected chi connectivity index (χ2v) is 23.0. The van der Waals surface area contributed by atoms with Crippen molar-refractivity contribution in [3.8, 4) is 85.9 Å². The Morgan fingerprint density at radius 1 is 0.450 bits per heavy atom. The predicted octanol–water partition coefficient (Wildman–Crippen LogP) is -2.18. The van der Waals surface area contributed by atoms with Gasteiger partial charge < -0.3 is 158 Å². The molecule has 35 heteroatoms. The standard InChI is InChI=1S/C65H66O35/c66-21-42-53(82)61(100-48(77)12-6-27-3-9-33(69)37(73)15-27)65(96-42)91-24-45-52(81)56(85)59(88)64(99-45)95-41-20-30-34(70)18-29(92-62-57(86)54(83)50(79)43(97-62)22-89-46(75)10-4-25-1-7-31(67)35(71)13-25)19-39(30)93-60(41)28-16-38(74)49(78)40(17-28)94-63-58(87)55(84)51(80)44(98-63)23-90-47(76)11-5-26-2-8-32(68)36(72)14-26/h1-20,42-45,50-59,61-69,71-74,78-88H,21-24H2/p+1/t42-,43+,44+,45+,50+,51+,52+,53-,54-,55-,56-,57+,58+,59+,61+,62+,63+,64+,65+/m0/s1. The molecule has 5 aliphatic heterocycles. The normalized spacial score (nSPS) is 29.2. The number of hydrogen-bond donors (Lipinski definition) is 19. The van der Waals surface area contributed by atoms with E-state index in [4.69, 9.17) is 56.5 Å². The number of phenolic OH excluding ortho intramolecular Hbond substituents is 8. The zero-order valence-electron chi connectivity index (χ0n) is 51.4. The number of esters is 3. The minimum absolute atomic E-state index is 0.234. The van der Waals surface area contributed by atoms with Crippen molar-refractivity contribution in [2.45, 2.75) is 117 Å². The SMILES string of the molecule is O=C(C=Cc1ccc(O)c(O)c1)OC[C@H]1O[C@@H](Oc2cc(-c3oc4cc(O[C@@H]5O[C@H](COC(=[OH+])C=Cc6ccc(O)c(O)c6)[C@@H](O)[C@H](O)[C@H]5O)cc(=O)c-4cc3O[C@@H]3O[C@H](CO[C@@H]4O[C@@H](CO)[C@H](O)[C@H]4OC(=O)C=Cc4ccc(O)c(O)c4)[C@@H](O)[C@H](O)[C@H]3O)cc(O)c2O)[C@H](O)[C@@H](O)[C@@H]1O. The molecule has 0 bridgehead atoms. The smallest absolute Gasteiger partial charge is 0.504 e. The number of ether oxygens (including phenoxy) is 11. The van der Waals surface area contributed by atoms with Gasteiger partial charge in [-0.1, -0.05) is 18.2 Å². The molecule has 10 rings (SSSR count). The molecule has 4 fully saturated rings. The van der Waals surface area contributed by atoms with Crippen molar-refractivity contribution >= 4 is 36.1 Å². The van der Waals surface area contributed by atoms with Gasteiger partial charge in [-0.3, -0.25) is 4.79 Å². The number of carbonyl (C=O) groups is 2. The first kappa shape index (κ1) is 72.8. The maximum Gasteiger partial charge on any atom is 0.510 e. The fourth-order valence-electron chi connectivity index (χ4n) is 10.5. The van der Waals surface area contributed by atoms with Crippen LogP contribution in [0.2, 0.25) is 0 Å². The topological polar surface area (TPSA) is 572 Å². The molecule has 536 valence electrons. The Morgan fingerprint density at radius 2 is 0.920 bits per heavy atom. The summed E-state index contributed by atoms with van der Waals surface area (Å²) in [6.07, 6.45) is -30.0. The molecule has 0 radical (unpaired) electrons. The fraction of sp³-hybridized carbons (Fsp3) is 0.354. The van der Waals surface area contributed by atoms with E-state index in [2.05, 4.69) is 0 Å². The Kier molecular flexibility index (Phi) is 22.7. The summed E-state index contributed by atoms with van der Waals surface area (Å²) in [4.78, 5) is 50.4. The van der Waals surface area contributed by atoms with Crippen LogP contribution in [0.3, 0.4) is 0 Å². The van der Waals surface area contributed by atoms with Gasteiger partial charge in [0.15, 0.2) is 81.4 Å². The molecule has 4 saturated heterocycles. The zero-order chi connectivity index (χ0) is 72.1. The lowest BCUT2D eigenvalue weighted by molar-refractivity contribution is -0.290. The molecule has 20 N–H and O–H groups in total. The van der Waals surface area contributed by atoms with Crippen LogP contribution in [0.5, 0.6) is 63.2 Å². The molecule has 100 heavy (non-hydrogen) atoms. The molecular formula is C65H67O35+. The number of hydrogen-bond acceptors (Lipinski definition) is 34. The first-order valence-electron chi connectivity index (χ1n) is 30.1. The van der Waals surface area contributed by atoms with Gasteiger partial charge in [-0.05, 0) is 89.5 Å². The van der Waals surface area contributed by atoms with Crippen LogP contribution in [0.15, 0.2) is 112 Å². The average molecular weight is 1410 g/mol. The second kappa shape index (κ2) is 31.1. The summed E-state index contributed by atoms with van der Waals surface area (Å²) in [5, 5.41) is 202. The maximum absolute atomic E-state index is 14.2. The van der Waals surface area contributed by atoms with Crippen molar-refractivity contribution in [2.24, 2.45) is 0 Å². The average Bonchev–Trinajstić information content (AvgIpc) is 0.887. The number of aliphatic hydroxyl groups is 11. The lowest BCUT2D eigenvalue weighted by Gasteiger charge is -2.40. The second-order valence-electron chi connectivity index (χ2n) is 23.0. The van der Waals surface area contributed by atoms with Gasteiger partial charge in [-0.2, -0.15) is 0 Å². The Labute approximate surface area is 561 Å². The van der Waals surface area contributed by atoms with Crippen LogP contribution in [-0.2, 0) is 47.5 Å². The molecule has 6 aliphatic rings. The predicted molar refractivity (Wildman–Crippen MR) is 330 cm³/mol. The molecule has 5 heterocycles. The molecule has 0 spiro atoms. The number of phenols is 8. The van der Waals surface area contributed by atoms with E-state index in [9.17, 15) is 116 Å². The van der Waals surface area contributed by atoms with Gasteiger partial charge in [-0.15, -0.1) is 0 Å². The third-order valence-electron chi connectivity index (χ3n) is 16.0. The first-order valence-corrected chi connectivity index (χ1v) is 30.1. The quantitative estimate of drug-likeness (QED) is 0.0113. The number of aromatic hydroxyl groups is 8. The number of fused-ring (bicyclic) bond motifs is 1. The van der Waals surface area contributed by atoms with E-state index < -0.39 is 252 Å². The van der Waals surface area contributed by atoms with Crippen LogP contribution >= 0.6 is 0 Å². The minimum Gasteiger partial charge on any atom is -0.504 e. The van der Waals surface area contributed by atoms with E-state index in [0.717, 1.165) is 72.8 Å². The Balaban J connectivity index is 0.928. The van der Waals surface area contributed by atoms with Crippen LogP contribution < -0.4 is 19.6 Å². The molecule has 4 aromatic rings. The van der Waals surface area contributed by atoms with Crippen LogP contribution in [0.1, 0.15) is 16.7 Å². The molecule has 0 aromatic heterocycles. The monoisotopic (exact) mass is 1410 g/mol. The summed E-state index contributed by atoms with van der Waals surface area (Å²) >= 11 is 0. The van der Waals surface area contributed by atoms with E-state index in [1.807, 2.05) is 0 Å². The molecule has 35 nitrogen and oxygen atoms in total. The van der Waals surface area contributed by atoms with Crippen molar-refractivity contribution in [2.75, 3.05) is 26.4 Å². The van der Waals surface area contributed by atoms with Crippen LogP contribution in [-0.4, -0.2) is 263 Å². The largest absolute Gasteiger partial charge is 0.510 e. The van der Waals surface area contributed by atoms with Gasteiger partial charge in [0.2, 0.25) is 31.2 Å². The highest BCUT2D eigenvalue weighted by Crippen LogP contribution is 2.46. The summed E-state index contributed by atoms with van der Waals surface area (Å²) in [6, 6.07) is 15.5. The summed E-state index contributed by atoms with van der Waals surface area (Å²) in [6.45, 7) is -3.21. The minimum atomic E-state index is -2.23. The van der Waals surface area contributed by atoms with Crippen LogP contribution in [0.4, 0.5) is 0 Å². The lowest BCUT2D eigenvalue weighted by atomic mass is 9.99. The van der Waals surface area contributed by atoms with Gasteiger partial charge in [0.25, 0.3) is 0 Å². The summed E-state index contributed by atoms with van der Waals surface area (Å²) in [5.74, 6) is -10.8. The van der Waals surface area contributed by atoms with Crippen LogP contribution in [0, 0.1) is 0 Å². The Hall–Kier alpha value is -9.90. The van der Waals surface area contributed by atoms with Crippen LogP contribution in [0.25, 0.3) is 40.9 Å². The van der Waals surface area contributed by atoms with Crippen molar-refractivity contribution < 1.29 is 168 Å². The third-order valence-corrected chi connectivity index (χ3v) is 16.0. The van der Waals surface area contributed by atoms with E-state index in [-0.39, 0.29) is 11.1 Å². The van der Waals surface area contributed by atoms with E-state index in [1.54, 1.807) is 0 Å². The number of benzene rings is 5. The zero-order valence-corrected chi connectivity index (χ0v) is 51.4. The van der Waals surface area contributed by atoms with Crippen molar-refractivity contribution in [1.82, 2.24) is 0 Å². The third kappa shape index (κ3) is 16.5. The maximum atomic E-state index is 14.2. The molecule has 0 saturated carbocycles. The molecule has 0 unspecified atom stereocenters. The highest BCUT2D eigenvalue weighted by atomic mass is 16.8. The van der Waals surface area contributed by atoms with E-state index in [0.29, 0.717) is 5.56 Å². The van der Waals surface area contributed by atoms with Crippen molar-refractivity contribution in [3.63, 3.8) is 0 Å². The van der Waals surface area contributed by atoms with Gasteiger partial charge in [0.1, 0.15) is 97.5 Å². The number of carbonyl (C=O) groups excluding carboxylic acids is 3. The van der Waals surface area contributed by atoms with Crippen molar-refractivity contribution in [1.29, 1.82) is 0 Å². The molecule has 1 aliphatic carbocycles. The summed E-state index contributed by atoms with van der Waals surface area (Å²) < 4.78 is 68.6. The molecular weight excluding hydrogens is 1340 g/mol. The highest BCUT2D eigenvalue weighted by Gasteiger charge is 2.51. The summed E-state index contributed by atoms with van der Waals surface area (Å²) in [7, 11) is 0. The first-order chi connectivity index (χ1) is 47.5. The van der Waals surface area contributed by atoms with E-state index in [1.165, 1.54) is 48.6 Å². The highest BCUT2D eigenvalue weighted by molar-refractivity contribution is 5.89. The summed E-state index contributed by atoms with van der Waals surface area (Å²) in [5.41, 5.74) is -1.03. The molecule has 0 amide bonds. The lowest BCUT2D eigenvalue weighted by Crippen LogP contribution is -2.60. The van der Waals surface area contributed by atoms with Gasteiger partial charge in [0, 0.05) is 29.8 Å². The molecule has 4 aromatic carbocycles. The Bertz CT molecular complexity index is 4040. The van der Waals surface area contributed by atoms with Gasteiger partial charge in [0.05, 0.1) is 24.9 Å². The van der Waals surface area contributed by atoms with Gasteiger partial charge in [-0.25, -0.2) is 9.59 Å². The molecule has 19 atom stereocenters.